The van der Waals surface area contributed by atoms with Crippen LogP contribution in [0.3, 0.4) is 0 Å². The quantitative estimate of drug-likeness (QED) is 0.800. The van der Waals surface area contributed by atoms with E-state index in [0.29, 0.717) is 17.5 Å². The predicted molar refractivity (Wildman–Crippen MR) is 85.4 cm³/mol. The van der Waals surface area contributed by atoms with Crippen molar-refractivity contribution in [3.63, 3.8) is 0 Å². The molecular weight excluding hydrogens is 289 g/mol. The van der Waals surface area contributed by atoms with Crippen LogP contribution >= 0.6 is 11.6 Å². The maximum Gasteiger partial charge on any atom is 0.124 e. The van der Waals surface area contributed by atoms with E-state index in [9.17, 15) is 4.39 Å². The van der Waals surface area contributed by atoms with Gasteiger partial charge in [0.15, 0.2) is 0 Å². The summed E-state index contributed by atoms with van der Waals surface area (Å²) in [7, 11) is 0. The number of halogens is 2. The van der Waals surface area contributed by atoms with Gasteiger partial charge in [-0.2, -0.15) is 0 Å². The molecule has 2 nitrogen and oxygen atoms in total. The van der Waals surface area contributed by atoms with Crippen molar-refractivity contribution < 1.29 is 9.13 Å². The maximum atomic E-state index is 13.0. The number of anilines is 1. The fourth-order valence-corrected chi connectivity index (χ4v) is 2.31. The third kappa shape index (κ3) is 3.67. The van der Waals surface area contributed by atoms with Crippen molar-refractivity contribution in [3.05, 3.63) is 57.9 Å². The summed E-state index contributed by atoms with van der Waals surface area (Å²) in [6, 6.07) is 8.18. The zero-order chi connectivity index (χ0) is 15.6. The highest BCUT2D eigenvalue weighted by atomic mass is 35.5. The van der Waals surface area contributed by atoms with E-state index in [0.717, 1.165) is 28.1 Å². The molecule has 0 heterocycles. The number of benzene rings is 2. The number of nitrogens with two attached hydrogens (primary N) is 1. The summed E-state index contributed by atoms with van der Waals surface area (Å²) in [4.78, 5) is 0. The molecule has 0 aromatic heterocycles. The average molecular weight is 308 g/mol. The van der Waals surface area contributed by atoms with Crippen molar-refractivity contribution in [2.45, 2.75) is 33.3 Å². The summed E-state index contributed by atoms with van der Waals surface area (Å²) >= 11 is 6.01. The molecule has 0 radical (unpaired) electrons. The molecule has 0 unspecified atom stereocenters. The first kappa shape index (κ1) is 15.6. The van der Waals surface area contributed by atoms with Crippen LogP contribution in [0.5, 0.6) is 5.75 Å². The van der Waals surface area contributed by atoms with Crippen molar-refractivity contribution in [3.8, 4) is 5.75 Å². The summed E-state index contributed by atoms with van der Waals surface area (Å²) in [5.41, 5.74) is 9.49. The van der Waals surface area contributed by atoms with E-state index >= 15 is 0 Å². The van der Waals surface area contributed by atoms with Gasteiger partial charge in [-0.3, -0.25) is 0 Å². The van der Waals surface area contributed by atoms with Crippen LogP contribution in [0.25, 0.3) is 0 Å². The largest absolute Gasteiger partial charge is 0.489 e. The second-order valence-corrected chi connectivity index (χ2v) is 5.83. The van der Waals surface area contributed by atoms with Gasteiger partial charge in [-0.25, -0.2) is 4.39 Å². The molecular formula is C17H19ClFNO. The van der Waals surface area contributed by atoms with Gasteiger partial charge in [0.25, 0.3) is 0 Å². The van der Waals surface area contributed by atoms with E-state index in [2.05, 4.69) is 13.8 Å². The van der Waals surface area contributed by atoms with Crippen molar-refractivity contribution in [2.75, 3.05) is 5.73 Å². The van der Waals surface area contributed by atoms with Crippen LogP contribution in [0.4, 0.5) is 10.1 Å². The van der Waals surface area contributed by atoms with E-state index in [-0.39, 0.29) is 5.82 Å². The first-order chi connectivity index (χ1) is 9.88. The minimum atomic E-state index is -0.352. The van der Waals surface area contributed by atoms with Gasteiger partial charge in [-0.15, -0.1) is 0 Å². The molecule has 2 N–H and O–H groups in total. The molecule has 0 aliphatic carbocycles. The molecule has 112 valence electrons. The van der Waals surface area contributed by atoms with Gasteiger partial charge in [0.1, 0.15) is 18.2 Å². The van der Waals surface area contributed by atoms with Crippen LogP contribution in [0, 0.1) is 12.7 Å². The smallest absolute Gasteiger partial charge is 0.124 e. The van der Waals surface area contributed by atoms with E-state index in [1.54, 1.807) is 6.07 Å². The molecule has 0 fully saturated rings. The van der Waals surface area contributed by atoms with Crippen LogP contribution < -0.4 is 10.5 Å². The van der Waals surface area contributed by atoms with Crippen LogP contribution in [-0.4, -0.2) is 0 Å². The molecule has 0 saturated heterocycles. The van der Waals surface area contributed by atoms with Gasteiger partial charge in [0.2, 0.25) is 0 Å². The Morgan fingerprint density at radius 3 is 2.57 bits per heavy atom. The Balaban J connectivity index is 2.25. The van der Waals surface area contributed by atoms with E-state index in [1.165, 1.54) is 12.1 Å². The highest BCUT2D eigenvalue weighted by Crippen LogP contribution is 2.32. The lowest BCUT2D eigenvalue weighted by Gasteiger charge is -2.17. The molecule has 0 bridgehead atoms. The number of hydrogen-bond donors (Lipinski definition) is 1. The number of hydrogen-bond acceptors (Lipinski definition) is 2. The Morgan fingerprint density at radius 1 is 1.24 bits per heavy atom. The maximum absolute atomic E-state index is 13.0. The van der Waals surface area contributed by atoms with Crippen molar-refractivity contribution in [1.29, 1.82) is 0 Å². The van der Waals surface area contributed by atoms with Gasteiger partial charge >= 0.3 is 0 Å². The first-order valence-electron chi connectivity index (χ1n) is 6.85. The standard InChI is InChI=1S/C17H19ClFNO/c1-10(2)14-8-16(20)11(3)6-17(14)21-9-12-4-5-13(19)7-15(12)18/h4-8,10H,9,20H2,1-3H3. The lowest BCUT2D eigenvalue weighted by Crippen LogP contribution is -2.03. The Hall–Kier alpha value is -1.74. The molecule has 0 aliphatic heterocycles. The Morgan fingerprint density at radius 2 is 1.95 bits per heavy atom. The molecule has 21 heavy (non-hydrogen) atoms. The molecule has 2 aromatic rings. The molecule has 2 aromatic carbocycles. The van der Waals surface area contributed by atoms with Gasteiger partial charge < -0.3 is 10.5 Å². The summed E-state index contributed by atoms with van der Waals surface area (Å²) in [6.07, 6.45) is 0. The minimum absolute atomic E-state index is 0.294. The summed E-state index contributed by atoms with van der Waals surface area (Å²) in [5.74, 6) is 0.735. The molecule has 0 atom stereocenters. The van der Waals surface area contributed by atoms with E-state index < -0.39 is 0 Å². The second-order valence-electron chi connectivity index (χ2n) is 5.43. The van der Waals surface area contributed by atoms with Crippen LogP contribution in [-0.2, 0) is 6.61 Å². The minimum Gasteiger partial charge on any atom is -0.489 e. The Labute approximate surface area is 129 Å². The highest BCUT2D eigenvalue weighted by Gasteiger charge is 2.12. The van der Waals surface area contributed by atoms with Crippen LogP contribution in [0.1, 0.15) is 36.5 Å². The lowest BCUT2D eigenvalue weighted by molar-refractivity contribution is 0.301. The molecule has 4 heteroatoms. The molecule has 0 spiro atoms. The number of rotatable bonds is 4. The predicted octanol–water partition coefficient (Wildman–Crippen LogP) is 5.07. The van der Waals surface area contributed by atoms with Crippen LogP contribution in [0.15, 0.2) is 30.3 Å². The van der Waals surface area contributed by atoms with Crippen molar-refractivity contribution >= 4 is 17.3 Å². The van der Waals surface area contributed by atoms with E-state index in [1.807, 2.05) is 19.1 Å². The fourth-order valence-electron chi connectivity index (χ4n) is 2.09. The third-order valence-corrected chi connectivity index (χ3v) is 3.77. The summed E-state index contributed by atoms with van der Waals surface area (Å²) in [5, 5.41) is 0.369. The summed E-state index contributed by atoms with van der Waals surface area (Å²) < 4.78 is 18.9. The average Bonchev–Trinajstić information content (AvgIpc) is 2.41. The van der Waals surface area contributed by atoms with Crippen molar-refractivity contribution in [2.24, 2.45) is 0 Å². The second kappa shape index (κ2) is 6.35. The summed E-state index contributed by atoms with van der Waals surface area (Å²) in [6.45, 7) is 6.41. The number of nitrogen functional groups attached to an aromatic ring is 1. The molecule has 2 rings (SSSR count). The number of aryl methyl sites for hydroxylation is 1. The zero-order valence-corrected chi connectivity index (χ0v) is 13.2. The molecule has 0 saturated carbocycles. The third-order valence-electron chi connectivity index (χ3n) is 3.42. The topological polar surface area (TPSA) is 35.2 Å². The lowest BCUT2D eigenvalue weighted by atomic mass is 9.99. The first-order valence-corrected chi connectivity index (χ1v) is 7.23. The number of ether oxygens (including phenoxy) is 1. The van der Waals surface area contributed by atoms with Gasteiger partial charge in [0, 0.05) is 11.3 Å². The zero-order valence-electron chi connectivity index (χ0n) is 12.4. The normalized spacial score (nSPS) is 11.0. The van der Waals surface area contributed by atoms with Gasteiger partial charge in [-0.1, -0.05) is 31.5 Å². The fraction of sp³-hybridized carbons (Fsp3) is 0.294. The molecule has 0 amide bonds. The van der Waals surface area contributed by atoms with Crippen molar-refractivity contribution in [1.82, 2.24) is 0 Å². The Bertz CT molecular complexity index is 655. The van der Waals surface area contributed by atoms with Crippen LogP contribution in [0.2, 0.25) is 5.02 Å². The van der Waals surface area contributed by atoms with Gasteiger partial charge in [-0.05, 0) is 48.2 Å². The monoisotopic (exact) mass is 307 g/mol. The molecule has 0 aliphatic rings. The van der Waals surface area contributed by atoms with Gasteiger partial charge in [0.05, 0.1) is 5.02 Å². The SMILES string of the molecule is Cc1cc(OCc2ccc(F)cc2Cl)c(C(C)C)cc1N. The Kier molecular flexibility index (Phi) is 4.73. The highest BCUT2D eigenvalue weighted by molar-refractivity contribution is 6.31. The van der Waals surface area contributed by atoms with E-state index in [4.69, 9.17) is 22.1 Å².